The number of carboxylic acids is 1. The highest BCUT2D eigenvalue weighted by Gasteiger charge is 2.51. The Bertz CT molecular complexity index is 1100. The number of alkyl halides is 3. The van der Waals surface area contributed by atoms with Crippen LogP contribution in [0.2, 0.25) is 5.02 Å². The molecule has 1 amide bonds. The van der Waals surface area contributed by atoms with Gasteiger partial charge in [-0.15, -0.1) is 0 Å². The van der Waals surface area contributed by atoms with Gasteiger partial charge in [0.15, 0.2) is 0 Å². The van der Waals surface area contributed by atoms with Crippen LogP contribution in [0.1, 0.15) is 49.8 Å². The predicted molar refractivity (Wildman–Crippen MR) is 135 cm³/mol. The molecule has 2 saturated carbocycles. The maximum absolute atomic E-state index is 13.0. The van der Waals surface area contributed by atoms with Gasteiger partial charge < -0.3 is 20.6 Å². The van der Waals surface area contributed by atoms with Crippen LogP contribution in [0.5, 0.6) is 0 Å². The zero-order valence-electron chi connectivity index (χ0n) is 20.9. The molecule has 3 N–H and O–H groups in total. The first-order chi connectivity index (χ1) is 17.3. The molecule has 202 valence electrons. The first kappa shape index (κ1) is 28.5. The van der Waals surface area contributed by atoms with Crippen LogP contribution >= 0.6 is 11.6 Å². The van der Waals surface area contributed by atoms with Crippen LogP contribution in [0.15, 0.2) is 30.3 Å². The summed E-state index contributed by atoms with van der Waals surface area (Å²) in [6.07, 6.45) is 0.659. The number of halogens is 4. The number of carbonyl (C=O) groups is 2. The molecule has 2 aliphatic rings. The number of carboxylic acid groups (broad SMARTS) is 1. The number of anilines is 2. The lowest BCUT2D eigenvalue weighted by Crippen LogP contribution is -2.44. The van der Waals surface area contributed by atoms with Gasteiger partial charge in [0, 0.05) is 43.0 Å². The number of aliphatic carboxylic acids is 1. The van der Waals surface area contributed by atoms with E-state index in [1.54, 1.807) is 0 Å². The van der Waals surface area contributed by atoms with Crippen molar-refractivity contribution in [2.45, 2.75) is 69.1 Å². The molecule has 0 saturated heterocycles. The Hall–Kier alpha value is -3.08. The summed E-state index contributed by atoms with van der Waals surface area (Å²) in [6, 6.07) is 10.3. The number of hydrogen-bond acceptors (Lipinski definition) is 6. The van der Waals surface area contributed by atoms with Crippen molar-refractivity contribution in [2.75, 3.05) is 24.3 Å². The highest BCUT2D eigenvalue weighted by atomic mass is 35.5. The fourth-order valence-electron chi connectivity index (χ4n) is 4.27. The predicted octanol–water partition coefficient (Wildman–Crippen LogP) is 4.71. The quantitative estimate of drug-likeness (QED) is 0.486. The van der Waals surface area contributed by atoms with E-state index < -0.39 is 12.1 Å². The average Bonchev–Trinajstić information content (AvgIpc) is 3.62. The van der Waals surface area contributed by atoms with Crippen LogP contribution in [0.25, 0.3) is 0 Å². The van der Waals surface area contributed by atoms with E-state index in [2.05, 4.69) is 20.6 Å². The van der Waals surface area contributed by atoms with E-state index in [0.717, 1.165) is 55.6 Å². The van der Waals surface area contributed by atoms with Gasteiger partial charge in [0.25, 0.3) is 0 Å². The molecule has 0 aliphatic heterocycles. The van der Waals surface area contributed by atoms with Crippen molar-refractivity contribution in [2.24, 2.45) is 0 Å². The topological polar surface area (TPSA) is 107 Å². The third-order valence-corrected chi connectivity index (χ3v) is 6.77. The Morgan fingerprint density at radius 1 is 1.05 bits per heavy atom. The number of hydrogen-bond donors (Lipinski definition) is 3. The molecule has 0 radical (unpaired) electrons. The molecule has 1 aromatic heterocycles. The molecule has 0 spiro atoms. The average molecular weight is 542 g/mol. The minimum Gasteiger partial charge on any atom is -0.475 e. The van der Waals surface area contributed by atoms with Crippen LogP contribution in [0, 0.1) is 6.92 Å². The molecule has 1 heterocycles. The fraction of sp³-hybridized carbons (Fsp3) is 0.520. The van der Waals surface area contributed by atoms with Crippen LogP contribution in [-0.2, 0) is 15.0 Å². The van der Waals surface area contributed by atoms with Gasteiger partial charge >= 0.3 is 12.1 Å². The Morgan fingerprint density at radius 2 is 1.59 bits per heavy atom. The maximum Gasteiger partial charge on any atom is 0.490 e. The Balaban J connectivity index is 0.000000479. The lowest BCUT2D eigenvalue weighted by Gasteiger charge is -2.31. The van der Waals surface area contributed by atoms with Crippen molar-refractivity contribution < 1.29 is 27.9 Å². The van der Waals surface area contributed by atoms with Gasteiger partial charge in [0.2, 0.25) is 11.9 Å². The summed E-state index contributed by atoms with van der Waals surface area (Å²) in [6.45, 7) is 1.99. The van der Waals surface area contributed by atoms with Gasteiger partial charge in [-0.3, -0.25) is 4.79 Å². The second kappa shape index (κ2) is 11.5. The highest BCUT2D eigenvalue weighted by Crippen LogP contribution is 2.48. The summed E-state index contributed by atoms with van der Waals surface area (Å²) in [5.74, 6) is -1.000. The molecule has 1 aromatic carbocycles. The number of carbonyl (C=O) groups excluding carboxylic acids is 1. The molecule has 2 fully saturated rings. The molecular formula is C25H31ClF3N5O3. The number of rotatable bonds is 6. The van der Waals surface area contributed by atoms with Crippen LogP contribution in [-0.4, -0.2) is 59.3 Å². The summed E-state index contributed by atoms with van der Waals surface area (Å²) < 4.78 is 31.7. The van der Waals surface area contributed by atoms with E-state index in [1.165, 1.54) is 0 Å². The number of aryl methyl sites for hydroxylation is 1. The number of nitrogens with one attached hydrogen (secondary N) is 2. The summed E-state index contributed by atoms with van der Waals surface area (Å²) in [5, 5.41) is 14.6. The molecule has 0 atom stereocenters. The first-order valence-corrected chi connectivity index (χ1v) is 12.3. The largest absolute Gasteiger partial charge is 0.490 e. The SMILES string of the molecule is Cc1cc(N(C)C)nc(NC2CCC(NC(=O)C3(c4ccc(Cl)cc4)CC3)CC2)n1.O=C(O)C(F)(F)F. The zero-order valence-corrected chi connectivity index (χ0v) is 21.7. The summed E-state index contributed by atoms with van der Waals surface area (Å²) in [5.41, 5.74) is 1.68. The number of aromatic nitrogens is 2. The van der Waals surface area contributed by atoms with Crippen molar-refractivity contribution in [3.8, 4) is 0 Å². The third kappa shape index (κ3) is 7.70. The van der Waals surface area contributed by atoms with Gasteiger partial charge in [-0.2, -0.15) is 18.2 Å². The number of benzene rings is 1. The number of amides is 1. The number of nitrogens with zero attached hydrogens (tertiary/aromatic N) is 3. The molecule has 2 aromatic rings. The molecular weight excluding hydrogens is 511 g/mol. The summed E-state index contributed by atoms with van der Waals surface area (Å²) in [7, 11) is 3.96. The minimum atomic E-state index is -5.08. The van der Waals surface area contributed by atoms with Crippen LogP contribution in [0.3, 0.4) is 0 Å². The van der Waals surface area contributed by atoms with E-state index in [4.69, 9.17) is 21.5 Å². The van der Waals surface area contributed by atoms with E-state index in [-0.39, 0.29) is 17.4 Å². The molecule has 2 aliphatic carbocycles. The standard InChI is InChI=1S/C23H30ClN5O.C2HF3O2/c1-15-14-20(29(2)3)28-22(25-15)27-19-10-8-18(9-11-19)26-21(30)23(12-13-23)16-4-6-17(24)7-5-16;3-2(4,5)1(6)7/h4-7,14,18-19H,8-13H2,1-3H3,(H,26,30)(H,25,27,28);(H,6,7). The third-order valence-electron chi connectivity index (χ3n) is 6.52. The van der Waals surface area contributed by atoms with Gasteiger partial charge in [0.1, 0.15) is 5.82 Å². The molecule has 12 heteroatoms. The summed E-state index contributed by atoms with van der Waals surface area (Å²) in [4.78, 5) is 33.0. The highest BCUT2D eigenvalue weighted by molar-refractivity contribution is 6.30. The van der Waals surface area contributed by atoms with E-state index in [1.807, 2.05) is 56.3 Å². The monoisotopic (exact) mass is 541 g/mol. The van der Waals surface area contributed by atoms with Crippen molar-refractivity contribution in [3.05, 3.63) is 46.6 Å². The van der Waals surface area contributed by atoms with E-state index in [0.29, 0.717) is 17.0 Å². The normalized spacial score (nSPS) is 20.2. The van der Waals surface area contributed by atoms with Crippen molar-refractivity contribution in [1.82, 2.24) is 15.3 Å². The van der Waals surface area contributed by atoms with Crippen LogP contribution < -0.4 is 15.5 Å². The minimum absolute atomic E-state index is 0.166. The molecule has 0 unspecified atom stereocenters. The van der Waals surface area contributed by atoms with Crippen molar-refractivity contribution >= 4 is 35.2 Å². The Kier molecular flexibility index (Phi) is 8.88. The van der Waals surface area contributed by atoms with Gasteiger partial charge in [-0.25, -0.2) is 9.78 Å². The maximum atomic E-state index is 13.0. The molecule has 0 bridgehead atoms. The second-order valence-electron chi connectivity index (χ2n) is 9.64. The molecule has 4 rings (SSSR count). The Labute approximate surface area is 218 Å². The van der Waals surface area contributed by atoms with Crippen molar-refractivity contribution in [1.29, 1.82) is 0 Å². The summed E-state index contributed by atoms with van der Waals surface area (Å²) >= 11 is 6.00. The Morgan fingerprint density at radius 3 is 2.08 bits per heavy atom. The van der Waals surface area contributed by atoms with Crippen molar-refractivity contribution in [3.63, 3.8) is 0 Å². The van der Waals surface area contributed by atoms with Crippen LogP contribution in [0.4, 0.5) is 24.9 Å². The van der Waals surface area contributed by atoms with E-state index >= 15 is 0 Å². The molecule has 37 heavy (non-hydrogen) atoms. The smallest absolute Gasteiger partial charge is 0.475 e. The lowest BCUT2D eigenvalue weighted by molar-refractivity contribution is -0.192. The van der Waals surface area contributed by atoms with Gasteiger partial charge in [-0.1, -0.05) is 23.7 Å². The lowest BCUT2D eigenvalue weighted by atomic mass is 9.89. The van der Waals surface area contributed by atoms with E-state index in [9.17, 15) is 18.0 Å². The first-order valence-electron chi connectivity index (χ1n) is 12.0. The fourth-order valence-corrected chi connectivity index (χ4v) is 4.40. The second-order valence-corrected chi connectivity index (χ2v) is 10.1. The van der Waals surface area contributed by atoms with Gasteiger partial charge in [-0.05, 0) is 63.1 Å². The molecule has 8 nitrogen and oxygen atoms in total. The van der Waals surface area contributed by atoms with Gasteiger partial charge in [0.05, 0.1) is 5.41 Å². The zero-order chi connectivity index (χ0) is 27.4.